The summed E-state index contributed by atoms with van der Waals surface area (Å²) in [6, 6.07) is 12.3. The Morgan fingerprint density at radius 3 is 2.53 bits per heavy atom. The topological polar surface area (TPSA) is 59.4 Å². The van der Waals surface area contributed by atoms with Crippen LogP contribution in [-0.4, -0.2) is 16.1 Å². The van der Waals surface area contributed by atoms with Crippen LogP contribution < -0.4 is 4.74 Å². The third-order valence-corrected chi connectivity index (χ3v) is 2.14. The molecule has 0 bridgehead atoms. The molecular formula is C13H11NO3. The third-order valence-electron chi connectivity index (χ3n) is 2.14. The molecule has 1 aromatic heterocycles. The van der Waals surface area contributed by atoms with Gasteiger partial charge >= 0.3 is 5.97 Å². The number of rotatable bonds is 4. The van der Waals surface area contributed by atoms with E-state index in [1.54, 1.807) is 36.5 Å². The van der Waals surface area contributed by atoms with E-state index in [2.05, 4.69) is 4.98 Å². The lowest BCUT2D eigenvalue weighted by Crippen LogP contribution is -1.99. The lowest BCUT2D eigenvalue weighted by Gasteiger charge is -2.04. The first kappa shape index (κ1) is 11.1. The van der Waals surface area contributed by atoms with Crippen molar-refractivity contribution in [2.45, 2.75) is 6.42 Å². The minimum absolute atomic E-state index is 0.0177. The second-order valence-electron chi connectivity index (χ2n) is 3.48. The fourth-order valence-corrected chi connectivity index (χ4v) is 1.38. The molecule has 4 nitrogen and oxygen atoms in total. The summed E-state index contributed by atoms with van der Waals surface area (Å²) in [5, 5.41) is 8.63. The van der Waals surface area contributed by atoms with Crippen LogP contribution in [0.3, 0.4) is 0 Å². The Bertz CT molecular complexity index is 494. The van der Waals surface area contributed by atoms with Crippen LogP contribution in [0.2, 0.25) is 0 Å². The molecule has 1 N–H and O–H groups in total. The average molecular weight is 229 g/mol. The molecule has 1 heterocycles. The fraction of sp³-hybridized carbons (Fsp3) is 0.0769. The molecule has 0 saturated heterocycles. The van der Waals surface area contributed by atoms with Crippen LogP contribution >= 0.6 is 0 Å². The number of aliphatic carboxylic acids is 1. The second kappa shape index (κ2) is 5.12. The Morgan fingerprint density at radius 1 is 1.18 bits per heavy atom. The standard InChI is InChI=1S/C13H11NO3/c15-13(16)9-10-4-6-11(7-5-10)17-12-3-1-2-8-14-12/h1-8H,9H2,(H,15,16). The molecule has 0 radical (unpaired) electrons. The summed E-state index contributed by atoms with van der Waals surface area (Å²) in [7, 11) is 0. The van der Waals surface area contributed by atoms with E-state index in [-0.39, 0.29) is 6.42 Å². The molecule has 17 heavy (non-hydrogen) atoms. The number of carboxylic acid groups (broad SMARTS) is 1. The molecule has 0 aliphatic carbocycles. The Labute approximate surface area is 98.5 Å². The molecule has 0 fully saturated rings. The number of hydrogen-bond donors (Lipinski definition) is 1. The lowest BCUT2D eigenvalue weighted by atomic mass is 10.1. The molecule has 0 unspecified atom stereocenters. The first-order valence-corrected chi connectivity index (χ1v) is 5.13. The number of carbonyl (C=O) groups is 1. The van der Waals surface area contributed by atoms with Gasteiger partial charge in [-0.25, -0.2) is 4.98 Å². The summed E-state index contributed by atoms with van der Waals surface area (Å²) in [4.78, 5) is 14.5. The van der Waals surface area contributed by atoms with E-state index in [1.807, 2.05) is 12.1 Å². The van der Waals surface area contributed by atoms with E-state index in [0.29, 0.717) is 11.6 Å². The van der Waals surface area contributed by atoms with Crippen LogP contribution in [0, 0.1) is 0 Å². The maximum absolute atomic E-state index is 10.5. The van der Waals surface area contributed by atoms with Crippen molar-refractivity contribution in [3.05, 3.63) is 54.2 Å². The lowest BCUT2D eigenvalue weighted by molar-refractivity contribution is -0.136. The molecule has 2 rings (SSSR count). The number of aromatic nitrogens is 1. The summed E-state index contributed by atoms with van der Waals surface area (Å²) in [5.41, 5.74) is 0.742. The van der Waals surface area contributed by atoms with Crippen LogP contribution in [0.1, 0.15) is 5.56 Å². The van der Waals surface area contributed by atoms with E-state index in [9.17, 15) is 4.79 Å². The van der Waals surface area contributed by atoms with Gasteiger partial charge in [0, 0.05) is 12.3 Å². The molecule has 2 aromatic rings. The molecular weight excluding hydrogens is 218 g/mol. The number of pyridine rings is 1. The molecule has 4 heteroatoms. The minimum atomic E-state index is -0.844. The van der Waals surface area contributed by atoms with Crippen LogP contribution in [0.25, 0.3) is 0 Å². The Balaban J connectivity index is 2.06. The first-order valence-electron chi connectivity index (χ1n) is 5.13. The highest BCUT2D eigenvalue weighted by atomic mass is 16.5. The predicted octanol–water partition coefficient (Wildman–Crippen LogP) is 2.50. The largest absolute Gasteiger partial charge is 0.481 e. The molecule has 0 spiro atoms. The summed E-state index contributed by atoms with van der Waals surface area (Å²) in [6.07, 6.45) is 1.66. The van der Waals surface area contributed by atoms with E-state index in [4.69, 9.17) is 9.84 Å². The Kier molecular flexibility index (Phi) is 3.35. The van der Waals surface area contributed by atoms with Gasteiger partial charge in [0.1, 0.15) is 5.75 Å². The molecule has 0 atom stereocenters. The van der Waals surface area contributed by atoms with Crippen molar-refractivity contribution < 1.29 is 14.6 Å². The van der Waals surface area contributed by atoms with Crippen LogP contribution in [-0.2, 0) is 11.2 Å². The van der Waals surface area contributed by atoms with Gasteiger partial charge in [0.15, 0.2) is 0 Å². The van der Waals surface area contributed by atoms with Gasteiger partial charge < -0.3 is 9.84 Å². The summed E-state index contributed by atoms with van der Waals surface area (Å²) in [5.74, 6) is 0.305. The highest BCUT2D eigenvalue weighted by Crippen LogP contribution is 2.19. The van der Waals surface area contributed by atoms with E-state index in [0.717, 1.165) is 5.56 Å². The number of nitrogens with zero attached hydrogens (tertiary/aromatic N) is 1. The van der Waals surface area contributed by atoms with Crippen LogP contribution in [0.4, 0.5) is 0 Å². The Morgan fingerprint density at radius 2 is 1.94 bits per heavy atom. The van der Waals surface area contributed by atoms with Gasteiger partial charge in [-0.05, 0) is 23.8 Å². The maximum Gasteiger partial charge on any atom is 0.307 e. The normalized spacial score (nSPS) is 9.88. The van der Waals surface area contributed by atoms with Crippen molar-refractivity contribution in [1.29, 1.82) is 0 Å². The van der Waals surface area contributed by atoms with Crippen molar-refractivity contribution in [2.75, 3.05) is 0 Å². The van der Waals surface area contributed by atoms with Crippen molar-refractivity contribution in [1.82, 2.24) is 4.98 Å². The first-order chi connectivity index (χ1) is 8.24. The zero-order valence-corrected chi connectivity index (χ0v) is 9.04. The van der Waals surface area contributed by atoms with Crippen molar-refractivity contribution in [2.24, 2.45) is 0 Å². The van der Waals surface area contributed by atoms with Gasteiger partial charge in [-0.3, -0.25) is 4.79 Å². The second-order valence-corrected chi connectivity index (χ2v) is 3.48. The number of hydrogen-bond acceptors (Lipinski definition) is 3. The highest BCUT2D eigenvalue weighted by Gasteiger charge is 2.01. The Hall–Kier alpha value is -2.36. The van der Waals surface area contributed by atoms with Gasteiger partial charge in [-0.15, -0.1) is 0 Å². The molecule has 0 saturated carbocycles. The maximum atomic E-state index is 10.5. The third kappa shape index (κ3) is 3.31. The van der Waals surface area contributed by atoms with Gasteiger partial charge in [-0.2, -0.15) is 0 Å². The number of benzene rings is 1. The monoisotopic (exact) mass is 229 g/mol. The fourth-order valence-electron chi connectivity index (χ4n) is 1.38. The van der Waals surface area contributed by atoms with E-state index >= 15 is 0 Å². The predicted molar refractivity (Wildman–Crippen MR) is 62.1 cm³/mol. The number of carboxylic acids is 1. The molecule has 0 aliphatic rings. The molecule has 0 aliphatic heterocycles. The molecule has 1 aromatic carbocycles. The SMILES string of the molecule is O=C(O)Cc1ccc(Oc2ccccn2)cc1. The molecule has 86 valence electrons. The number of ether oxygens (including phenoxy) is 1. The van der Waals surface area contributed by atoms with Gasteiger partial charge in [0.2, 0.25) is 5.88 Å². The van der Waals surface area contributed by atoms with Gasteiger partial charge in [0.05, 0.1) is 6.42 Å². The van der Waals surface area contributed by atoms with Crippen LogP contribution in [0.15, 0.2) is 48.7 Å². The smallest absolute Gasteiger partial charge is 0.307 e. The van der Waals surface area contributed by atoms with Gasteiger partial charge in [0.25, 0.3) is 0 Å². The minimum Gasteiger partial charge on any atom is -0.481 e. The quantitative estimate of drug-likeness (QED) is 0.875. The van der Waals surface area contributed by atoms with Crippen molar-refractivity contribution in [3.63, 3.8) is 0 Å². The zero-order chi connectivity index (χ0) is 12.1. The van der Waals surface area contributed by atoms with E-state index in [1.165, 1.54) is 0 Å². The molecule has 0 amide bonds. The van der Waals surface area contributed by atoms with Crippen molar-refractivity contribution >= 4 is 5.97 Å². The summed E-state index contributed by atoms with van der Waals surface area (Å²) < 4.78 is 5.48. The zero-order valence-electron chi connectivity index (χ0n) is 9.04. The van der Waals surface area contributed by atoms with Gasteiger partial charge in [-0.1, -0.05) is 18.2 Å². The summed E-state index contributed by atoms with van der Waals surface area (Å²) in [6.45, 7) is 0. The summed E-state index contributed by atoms with van der Waals surface area (Å²) >= 11 is 0. The van der Waals surface area contributed by atoms with Crippen LogP contribution in [0.5, 0.6) is 11.6 Å². The average Bonchev–Trinajstić information content (AvgIpc) is 2.32. The van der Waals surface area contributed by atoms with Crippen molar-refractivity contribution in [3.8, 4) is 11.6 Å². The highest BCUT2D eigenvalue weighted by molar-refractivity contribution is 5.70. The van der Waals surface area contributed by atoms with E-state index < -0.39 is 5.97 Å².